The van der Waals surface area contributed by atoms with Crippen LogP contribution >= 0.6 is 0 Å². The lowest BCUT2D eigenvalue weighted by Crippen LogP contribution is -2.53. The van der Waals surface area contributed by atoms with Crippen LogP contribution in [0.15, 0.2) is 0 Å². The first kappa shape index (κ1) is 17.7. The largest absolute Gasteiger partial charge is 0.379 e. The summed E-state index contributed by atoms with van der Waals surface area (Å²) in [4.78, 5) is 0. The summed E-state index contributed by atoms with van der Waals surface area (Å²) in [6.07, 6.45) is -1.69. The summed E-state index contributed by atoms with van der Waals surface area (Å²) in [5.74, 6) is 0. The minimum atomic E-state index is -5.91. The standard InChI is InChI=1S/C6H12O11S3/c7-18(8,9)6(19(10,11)12,20(13,14)15)1-2-16-3-5-4-17-5/h5H,1-4H2,(H,7,8,9)(H,10,11,12)(H,13,14,15). The third-order valence-corrected chi connectivity index (χ3v) is 9.20. The Morgan fingerprint density at radius 2 is 1.40 bits per heavy atom. The van der Waals surface area contributed by atoms with Gasteiger partial charge in [-0.05, 0) is 0 Å². The summed E-state index contributed by atoms with van der Waals surface area (Å²) in [7, 11) is -17.7. The van der Waals surface area contributed by atoms with Gasteiger partial charge in [-0.2, -0.15) is 25.3 Å². The molecule has 3 N–H and O–H groups in total. The van der Waals surface area contributed by atoms with Crippen LogP contribution in [0.3, 0.4) is 0 Å². The van der Waals surface area contributed by atoms with Gasteiger partial charge >= 0.3 is 33.8 Å². The van der Waals surface area contributed by atoms with Crippen molar-refractivity contribution in [3.05, 3.63) is 0 Å². The van der Waals surface area contributed by atoms with Gasteiger partial charge < -0.3 is 9.47 Å². The van der Waals surface area contributed by atoms with E-state index in [4.69, 9.17) is 23.1 Å². The van der Waals surface area contributed by atoms with E-state index in [0.717, 1.165) is 0 Å². The highest BCUT2D eigenvalue weighted by Crippen LogP contribution is 2.33. The second kappa shape index (κ2) is 5.45. The van der Waals surface area contributed by atoms with Crippen molar-refractivity contribution in [3.8, 4) is 0 Å². The molecule has 0 aliphatic carbocycles. The van der Waals surface area contributed by atoms with Crippen molar-refractivity contribution in [2.45, 2.75) is 15.9 Å². The lowest BCUT2D eigenvalue weighted by molar-refractivity contribution is 0.113. The second-order valence-electron chi connectivity index (χ2n) is 3.89. The molecule has 0 spiro atoms. The molecule has 1 heterocycles. The monoisotopic (exact) mass is 356 g/mol. The van der Waals surface area contributed by atoms with Crippen LogP contribution in [-0.4, -0.2) is 68.2 Å². The van der Waals surface area contributed by atoms with E-state index in [2.05, 4.69) is 0 Å². The molecular weight excluding hydrogens is 344 g/mol. The second-order valence-corrected chi connectivity index (χ2v) is 9.60. The van der Waals surface area contributed by atoms with Crippen molar-refractivity contribution in [2.75, 3.05) is 19.8 Å². The van der Waals surface area contributed by atoms with E-state index < -0.39 is 46.8 Å². The van der Waals surface area contributed by atoms with E-state index in [0.29, 0.717) is 6.61 Å². The molecule has 1 fully saturated rings. The van der Waals surface area contributed by atoms with Crippen LogP contribution in [0.1, 0.15) is 6.42 Å². The summed E-state index contributed by atoms with van der Waals surface area (Å²) < 4.78 is 98.3. The van der Waals surface area contributed by atoms with Gasteiger partial charge in [-0.15, -0.1) is 0 Å². The SMILES string of the molecule is O=S(=O)(O)C(CCOCC1CO1)(S(=O)(=O)O)S(=O)(=O)O. The predicted octanol–water partition coefficient (Wildman–Crippen LogP) is -1.89. The van der Waals surface area contributed by atoms with Gasteiger partial charge in [0.05, 0.1) is 19.8 Å². The van der Waals surface area contributed by atoms with E-state index >= 15 is 0 Å². The Hall–Kier alpha value is -0.350. The highest BCUT2D eigenvalue weighted by atomic mass is 32.3. The van der Waals surface area contributed by atoms with Gasteiger partial charge in [-0.3, -0.25) is 13.7 Å². The first-order valence-electron chi connectivity index (χ1n) is 4.93. The summed E-state index contributed by atoms with van der Waals surface area (Å²) in [6.45, 7) is -0.488. The summed E-state index contributed by atoms with van der Waals surface area (Å²) in [6, 6.07) is 0. The van der Waals surface area contributed by atoms with Crippen molar-refractivity contribution in [3.63, 3.8) is 0 Å². The van der Waals surface area contributed by atoms with Crippen LogP contribution < -0.4 is 0 Å². The topological polar surface area (TPSA) is 185 Å². The molecule has 120 valence electrons. The third kappa shape index (κ3) is 3.45. The molecule has 0 saturated carbocycles. The predicted molar refractivity (Wildman–Crippen MR) is 62.6 cm³/mol. The Bertz CT molecular complexity index is 574. The van der Waals surface area contributed by atoms with E-state index in [1.165, 1.54) is 0 Å². The van der Waals surface area contributed by atoms with E-state index in [9.17, 15) is 25.3 Å². The Kier molecular flexibility index (Phi) is 4.82. The molecule has 0 bridgehead atoms. The van der Waals surface area contributed by atoms with Crippen LogP contribution in [0.2, 0.25) is 0 Å². The van der Waals surface area contributed by atoms with Gasteiger partial charge in [0.2, 0.25) is 0 Å². The molecule has 1 aliphatic heterocycles. The van der Waals surface area contributed by atoms with Gasteiger partial charge in [0.15, 0.2) is 0 Å². The maximum Gasteiger partial charge on any atom is 0.347 e. The third-order valence-electron chi connectivity index (χ3n) is 2.44. The molecule has 1 rings (SSSR count). The van der Waals surface area contributed by atoms with Crippen molar-refractivity contribution in [1.29, 1.82) is 0 Å². The summed E-state index contributed by atoms with van der Waals surface area (Å²) in [5, 5.41) is 0. The quantitative estimate of drug-likeness (QED) is 0.251. The number of hydrogen-bond acceptors (Lipinski definition) is 8. The van der Waals surface area contributed by atoms with Gasteiger partial charge in [0.25, 0.3) is 0 Å². The van der Waals surface area contributed by atoms with Crippen LogP contribution in [0.5, 0.6) is 0 Å². The zero-order chi connectivity index (χ0) is 15.8. The molecule has 0 amide bonds. The molecule has 0 aromatic rings. The van der Waals surface area contributed by atoms with Crippen molar-refractivity contribution in [2.24, 2.45) is 0 Å². The maximum absolute atomic E-state index is 11.1. The van der Waals surface area contributed by atoms with Gasteiger partial charge in [-0.25, -0.2) is 0 Å². The van der Waals surface area contributed by atoms with Crippen molar-refractivity contribution < 1.29 is 48.4 Å². The van der Waals surface area contributed by atoms with Crippen LogP contribution in [-0.2, 0) is 39.8 Å². The molecule has 0 aromatic heterocycles. The molecule has 1 aliphatic rings. The molecule has 1 atom stereocenters. The van der Waals surface area contributed by atoms with Crippen LogP contribution in [0, 0.1) is 0 Å². The highest BCUT2D eigenvalue weighted by Gasteiger charge is 2.65. The number of ether oxygens (including phenoxy) is 2. The molecule has 20 heavy (non-hydrogen) atoms. The van der Waals surface area contributed by atoms with Crippen LogP contribution in [0.25, 0.3) is 0 Å². The molecule has 0 aromatic carbocycles. The molecule has 1 saturated heterocycles. The smallest absolute Gasteiger partial charge is 0.347 e. The first-order chi connectivity index (χ1) is 8.83. The zero-order valence-corrected chi connectivity index (χ0v) is 12.2. The minimum Gasteiger partial charge on any atom is -0.379 e. The normalized spacial score (nSPS) is 20.9. The highest BCUT2D eigenvalue weighted by molar-refractivity contribution is 8.21. The van der Waals surface area contributed by atoms with E-state index in [1.807, 2.05) is 0 Å². The fraction of sp³-hybridized carbons (Fsp3) is 1.00. The fourth-order valence-corrected chi connectivity index (χ4v) is 5.58. The van der Waals surface area contributed by atoms with Crippen molar-refractivity contribution in [1.82, 2.24) is 0 Å². The Balaban J connectivity index is 3.11. The minimum absolute atomic E-state index is 0.0709. The Morgan fingerprint density at radius 1 is 1.00 bits per heavy atom. The van der Waals surface area contributed by atoms with Gasteiger partial charge in [-0.1, -0.05) is 0 Å². The molecule has 1 unspecified atom stereocenters. The molecular formula is C6H12O11S3. The average molecular weight is 356 g/mol. The first-order valence-corrected chi connectivity index (χ1v) is 9.25. The zero-order valence-electron chi connectivity index (χ0n) is 9.74. The fourth-order valence-electron chi connectivity index (χ4n) is 1.36. The van der Waals surface area contributed by atoms with Gasteiger partial charge in [0.1, 0.15) is 6.10 Å². The van der Waals surface area contributed by atoms with E-state index in [1.54, 1.807) is 0 Å². The Labute approximate surface area is 115 Å². The molecule has 0 radical (unpaired) electrons. The lowest BCUT2D eigenvalue weighted by atomic mass is 10.5. The van der Waals surface area contributed by atoms with Gasteiger partial charge in [0, 0.05) is 6.42 Å². The summed E-state index contributed by atoms with van der Waals surface area (Å²) >= 11 is 0. The number of hydrogen-bond donors (Lipinski definition) is 3. The maximum atomic E-state index is 11.1. The lowest BCUT2D eigenvalue weighted by Gasteiger charge is -2.23. The van der Waals surface area contributed by atoms with Crippen molar-refractivity contribution >= 4 is 30.4 Å². The average Bonchev–Trinajstić information content (AvgIpc) is 2.94. The molecule has 11 nitrogen and oxygen atoms in total. The molecule has 14 heteroatoms. The van der Waals surface area contributed by atoms with E-state index in [-0.39, 0.29) is 12.7 Å². The number of rotatable bonds is 8. The summed E-state index contributed by atoms with van der Waals surface area (Å²) in [5.41, 5.74) is 0. The Morgan fingerprint density at radius 3 is 1.70 bits per heavy atom. The number of epoxide rings is 1. The van der Waals surface area contributed by atoms with Crippen LogP contribution in [0.4, 0.5) is 0 Å².